The first kappa shape index (κ1) is 15.5. The maximum atomic E-state index is 4.55. The average molecular weight is 355 g/mol. The normalized spacial score (nSPS) is 24.8. The van der Waals surface area contributed by atoms with E-state index in [2.05, 4.69) is 59.1 Å². The fourth-order valence-electron chi connectivity index (χ4n) is 4.00. The van der Waals surface area contributed by atoms with E-state index in [0.717, 1.165) is 25.3 Å². The van der Waals surface area contributed by atoms with Crippen molar-refractivity contribution in [1.29, 1.82) is 0 Å². The number of hydrogen-bond acceptors (Lipinski definition) is 3. The fraction of sp³-hybridized carbons (Fsp3) is 0.812. The summed E-state index contributed by atoms with van der Waals surface area (Å²) in [6.07, 6.45) is 5.38. The Morgan fingerprint density at radius 1 is 1.29 bits per heavy atom. The highest BCUT2D eigenvalue weighted by molar-refractivity contribution is 9.10. The van der Waals surface area contributed by atoms with Gasteiger partial charge in [-0.15, -0.1) is 0 Å². The van der Waals surface area contributed by atoms with Gasteiger partial charge in [0.15, 0.2) is 0 Å². The maximum absolute atomic E-state index is 4.55. The van der Waals surface area contributed by atoms with Crippen molar-refractivity contribution in [3.8, 4) is 0 Å². The van der Waals surface area contributed by atoms with E-state index in [9.17, 15) is 0 Å². The van der Waals surface area contributed by atoms with Gasteiger partial charge in [0, 0.05) is 37.8 Å². The molecule has 0 bridgehead atoms. The van der Waals surface area contributed by atoms with Crippen molar-refractivity contribution in [2.45, 2.75) is 64.1 Å². The van der Waals surface area contributed by atoms with Crippen molar-refractivity contribution >= 4 is 15.9 Å². The number of aromatic nitrogens is 2. The van der Waals surface area contributed by atoms with Gasteiger partial charge in [0.2, 0.25) is 0 Å². The summed E-state index contributed by atoms with van der Waals surface area (Å²) in [5.41, 5.74) is 2.93. The molecule has 0 aromatic carbocycles. The van der Waals surface area contributed by atoms with Gasteiger partial charge in [-0.25, -0.2) is 0 Å². The minimum Gasteiger partial charge on any atom is -0.309 e. The van der Waals surface area contributed by atoms with E-state index in [1.54, 1.807) is 0 Å². The standard InChI is InChI=1S/C16H27BrN4/c1-12-14(17)13(20(4)19-12)9-21-11-15(2,3)18-10-16(21)7-5-6-8-16/h18H,5-11H2,1-4H3. The molecule has 2 aliphatic rings. The van der Waals surface area contributed by atoms with Crippen molar-refractivity contribution in [2.24, 2.45) is 7.05 Å². The SMILES string of the molecule is Cc1nn(C)c(CN2CC(C)(C)NCC23CCCC3)c1Br. The summed E-state index contributed by atoms with van der Waals surface area (Å²) in [7, 11) is 2.06. The van der Waals surface area contributed by atoms with Crippen LogP contribution in [0.2, 0.25) is 0 Å². The predicted molar refractivity (Wildman–Crippen MR) is 89.3 cm³/mol. The van der Waals surface area contributed by atoms with Gasteiger partial charge in [-0.2, -0.15) is 5.10 Å². The van der Waals surface area contributed by atoms with Crippen LogP contribution in [0.3, 0.4) is 0 Å². The molecule has 0 radical (unpaired) electrons. The van der Waals surface area contributed by atoms with Crippen molar-refractivity contribution in [1.82, 2.24) is 20.0 Å². The molecule has 21 heavy (non-hydrogen) atoms. The molecule has 3 rings (SSSR count). The van der Waals surface area contributed by atoms with E-state index in [1.165, 1.54) is 35.8 Å². The highest BCUT2D eigenvalue weighted by Crippen LogP contribution is 2.39. The van der Waals surface area contributed by atoms with Gasteiger partial charge >= 0.3 is 0 Å². The van der Waals surface area contributed by atoms with Crippen LogP contribution >= 0.6 is 15.9 Å². The van der Waals surface area contributed by atoms with Crippen molar-refractivity contribution in [2.75, 3.05) is 13.1 Å². The van der Waals surface area contributed by atoms with Crippen LogP contribution in [-0.2, 0) is 13.6 Å². The van der Waals surface area contributed by atoms with Crippen LogP contribution < -0.4 is 5.32 Å². The monoisotopic (exact) mass is 354 g/mol. The third-order valence-corrected chi connectivity index (χ3v) is 6.32. The van der Waals surface area contributed by atoms with Gasteiger partial charge in [-0.3, -0.25) is 9.58 Å². The number of hydrogen-bond donors (Lipinski definition) is 1. The Bertz CT molecular complexity index is 529. The maximum Gasteiger partial charge on any atom is 0.0739 e. The molecule has 1 N–H and O–H groups in total. The molecule has 1 aliphatic heterocycles. The zero-order chi connectivity index (χ0) is 15.3. The summed E-state index contributed by atoms with van der Waals surface area (Å²) in [4.78, 5) is 2.72. The first-order chi connectivity index (χ1) is 9.83. The first-order valence-electron chi connectivity index (χ1n) is 8.01. The number of rotatable bonds is 2. The molecule has 1 saturated heterocycles. The lowest BCUT2D eigenvalue weighted by atomic mass is 9.87. The second kappa shape index (κ2) is 5.36. The summed E-state index contributed by atoms with van der Waals surface area (Å²) in [6.45, 7) is 9.90. The molecule has 4 nitrogen and oxygen atoms in total. The Labute approximate surface area is 136 Å². The van der Waals surface area contributed by atoms with Gasteiger partial charge in [-0.1, -0.05) is 12.8 Å². The Morgan fingerprint density at radius 3 is 2.52 bits per heavy atom. The van der Waals surface area contributed by atoms with Crippen molar-refractivity contribution in [3.05, 3.63) is 15.9 Å². The van der Waals surface area contributed by atoms with E-state index < -0.39 is 0 Å². The highest BCUT2D eigenvalue weighted by Gasteiger charge is 2.45. The van der Waals surface area contributed by atoms with Crippen LogP contribution in [0.25, 0.3) is 0 Å². The highest BCUT2D eigenvalue weighted by atomic mass is 79.9. The largest absolute Gasteiger partial charge is 0.309 e. The first-order valence-corrected chi connectivity index (χ1v) is 8.80. The summed E-state index contributed by atoms with van der Waals surface area (Å²) in [6, 6.07) is 0. The predicted octanol–water partition coefficient (Wildman–Crippen LogP) is 2.99. The summed E-state index contributed by atoms with van der Waals surface area (Å²) >= 11 is 3.73. The lowest BCUT2D eigenvalue weighted by Gasteiger charge is -2.51. The van der Waals surface area contributed by atoms with E-state index in [4.69, 9.17) is 0 Å². The molecule has 1 spiro atoms. The van der Waals surface area contributed by atoms with Crippen LogP contribution in [0.1, 0.15) is 50.9 Å². The Kier molecular flexibility index (Phi) is 3.95. The minimum absolute atomic E-state index is 0.188. The van der Waals surface area contributed by atoms with Crippen molar-refractivity contribution in [3.63, 3.8) is 0 Å². The molecule has 1 aromatic rings. The Hall–Kier alpha value is -0.390. The Morgan fingerprint density at radius 2 is 1.95 bits per heavy atom. The van der Waals surface area contributed by atoms with Gasteiger partial charge in [0.1, 0.15) is 0 Å². The summed E-state index contributed by atoms with van der Waals surface area (Å²) < 4.78 is 3.21. The van der Waals surface area contributed by atoms with E-state index in [-0.39, 0.29) is 5.54 Å². The van der Waals surface area contributed by atoms with Crippen LogP contribution in [-0.4, -0.2) is 38.8 Å². The van der Waals surface area contributed by atoms with Crippen molar-refractivity contribution < 1.29 is 0 Å². The molecule has 1 aliphatic carbocycles. The number of aryl methyl sites for hydroxylation is 2. The topological polar surface area (TPSA) is 33.1 Å². The molecule has 5 heteroatoms. The number of piperazine rings is 1. The van der Waals surface area contributed by atoms with E-state index >= 15 is 0 Å². The molecule has 0 amide bonds. The lowest BCUT2D eigenvalue weighted by Crippen LogP contribution is -2.67. The molecular weight excluding hydrogens is 328 g/mol. The third kappa shape index (κ3) is 2.80. The van der Waals surface area contributed by atoms with E-state index in [0.29, 0.717) is 5.54 Å². The molecule has 0 atom stereocenters. The number of nitrogens with zero attached hydrogens (tertiary/aromatic N) is 3. The van der Waals surface area contributed by atoms with Crippen LogP contribution in [0, 0.1) is 6.92 Å². The molecule has 1 aromatic heterocycles. The summed E-state index contributed by atoms with van der Waals surface area (Å²) in [5.74, 6) is 0. The number of nitrogens with one attached hydrogen (secondary N) is 1. The lowest BCUT2D eigenvalue weighted by molar-refractivity contribution is 0.0103. The van der Waals surface area contributed by atoms with Crippen LogP contribution in [0.4, 0.5) is 0 Å². The molecule has 1 saturated carbocycles. The van der Waals surface area contributed by atoms with Gasteiger partial charge < -0.3 is 5.32 Å². The zero-order valence-electron chi connectivity index (χ0n) is 13.7. The quantitative estimate of drug-likeness (QED) is 0.886. The second-order valence-electron chi connectivity index (χ2n) is 7.49. The van der Waals surface area contributed by atoms with Crippen LogP contribution in [0.15, 0.2) is 4.47 Å². The van der Waals surface area contributed by atoms with Crippen LogP contribution in [0.5, 0.6) is 0 Å². The minimum atomic E-state index is 0.188. The molecular formula is C16H27BrN4. The Balaban J connectivity index is 1.89. The summed E-state index contributed by atoms with van der Waals surface area (Å²) in [5, 5.41) is 8.32. The van der Waals surface area contributed by atoms with Gasteiger partial charge in [0.05, 0.1) is 15.9 Å². The molecule has 118 valence electrons. The zero-order valence-corrected chi connectivity index (χ0v) is 15.3. The van der Waals surface area contributed by atoms with E-state index in [1.807, 2.05) is 4.68 Å². The van der Waals surface area contributed by atoms with Gasteiger partial charge in [0.25, 0.3) is 0 Å². The third-order valence-electron chi connectivity index (χ3n) is 5.29. The molecule has 2 heterocycles. The number of halogens is 1. The molecule has 2 fully saturated rings. The molecule has 0 unspecified atom stereocenters. The fourth-order valence-corrected chi connectivity index (χ4v) is 4.46. The smallest absolute Gasteiger partial charge is 0.0739 e. The van der Waals surface area contributed by atoms with Gasteiger partial charge in [-0.05, 0) is 49.5 Å². The second-order valence-corrected chi connectivity index (χ2v) is 8.29. The average Bonchev–Trinajstić information content (AvgIpc) is 2.96.